The van der Waals surface area contributed by atoms with Crippen LogP contribution in [-0.2, 0) is 23.9 Å². The van der Waals surface area contributed by atoms with Crippen LogP contribution in [0.25, 0.3) is 5.76 Å². The van der Waals surface area contributed by atoms with Crippen molar-refractivity contribution in [3.8, 4) is 5.75 Å². The van der Waals surface area contributed by atoms with Gasteiger partial charge in [0.15, 0.2) is 11.4 Å². The zero-order valence-electron chi connectivity index (χ0n) is 26.5. The van der Waals surface area contributed by atoms with Crippen molar-refractivity contribution in [1.82, 2.24) is 0 Å². The minimum Gasteiger partial charge on any atom is -0.507 e. The summed E-state index contributed by atoms with van der Waals surface area (Å²) >= 11 is 0. The summed E-state index contributed by atoms with van der Waals surface area (Å²) in [6.07, 6.45) is 2.84. The molecule has 0 amide bonds. The number of ketones is 3. The van der Waals surface area contributed by atoms with Gasteiger partial charge in [-0.05, 0) is 68.6 Å². The summed E-state index contributed by atoms with van der Waals surface area (Å²) in [7, 11) is 0. The zero-order chi connectivity index (χ0) is 32.0. The van der Waals surface area contributed by atoms with Gasteiger partial charge in [0.2, 0.25) is 11.6 Å². The number of carbonyl (C=O) groups is 4. The van der Waals surface area contributed by atoms with Crippen LogP contribution in [0, 0.1) is 35.5 Å². The van der Waals surface area contributed by atoms with E-state index in [1.807, 2.05) is 27.7 Å². The minimum absolute atomic E-state index is 0.0556. The Hall–Kier alpha value is -3.26. The summed E-state index contributed by atoms with van der Waals surface area (Å²) in [4.78, 5) is 56.1. The van der Waals surface area contributed by atoms with Crippen LogP contribution in [0.3, 0.4) is 0 Å². The number of aliphatic hydroxyl groups excluding tert-OH is 1. The number of allylic oxidation sites excluding steroid dienone is 1. The molecule has 1 aromatic carbocycles. The Morgan fingerprint density at radius 1 is 1.00 bits per heavy atom. The first kappa shape index (κ1) is 31.2. The predicted octanol–water partition coefficient (Wildman–Crippen LogP) is 5.67. The summed E-state index contributed by atoms with van der Waals surface area (Å²) in [5.41, 5.74) is -4.56. The highest BCUT2D eigenvalue weighted by atomic mass is 16.5. The molecule has 1 aromatic rings. The van der Waals surface area contributed by atoms with Gasteiger partial charge in [-0.15, -0.1) is 0 Å². The molecule has 0 aromatic heterocycles. The van der Waals surface area contributed by atoms with Gasteiger partial charge in [0, 0.05) is 5.41 Å². The van der Waals surface area contributed by atoms with Gasteiger partial charge in [-0.1, -0.05) is 65.5 Å². The number of aryl methyl sites for hydroxylation is 1. The Balaban J connectivity index is 1.90. The van der Waals surface area contributed by atoms with E-state index in [-0.39, 0.29) is 34.3 Å². The van der Waals surface area contributed by atoms with Gasteiger partial charge >= 0.3 is 5.97 Å². The van der Waals surface area contributed by atoms with Crippen molar-refractivity contribution in [2.75, 3.05) is 0 Å². The van der Waals surface area contributed by atoms with Crippen molar-refractivity contribution < 1.29 is 39.2 Å². The van der Waals surface area contributed by atoms with Crippen molar-refractivity contribution in [1.29, 1.82) is 0 Å². The molecule has 8 heteroatoms. The maximum atomic E-state index is 14.8. The molecular formula is C35H44O8. The average molecular weight is 593 g/mol. The Bertz CT molecular complexity index is 1510. The first-order valence-electron chi connectivity index (χ1n) is 15.5. The number of hydrogen-bond donors (Lipinski definition) is 3. The van der Waals surface area contributed by atoms with E-state index in [0.29, 0.717) is 24.0 Å². The Labute approximate surface area is 253 Å². The molecule has 0 spiro atoms. The zero-order valence-corrected chi connectivity index (χ0v) is 26.5. The first-order chi connectivity index (χ1) is 20.0. The summed E-state index contributed by atoms with van der Waals surface area (Å²) in [6.45, 7) is 13.8. The molecule has 4 aliphatic rings. The van der Waals surface area contributed by atoms with Crippen LogP contribution in [0.15, 0.2) is 28.9 Å². The number of fused-ring (bicyclic) bond motifs is 3. The summed E-state index contributed by atoms with van der Waals surface area (Å²) < 4.78 is 6.55. The molecular weight excluding hydrogens is 548 g/mol. The van der Waals surface area contributed by atoms with Crippen molar-refractivity contribution in [2.24, 2.45) is 28.6 Å². The van der Waals surface area contributed by atoms with E-state index in [4.69, 9.17) is 4.74 Å². The lowest BCUT2D eigenvalue weighted by Gasteiger charge is -2.64. The van der Waals surface area contributed by atoms with E-state index in [2.05, 4.69) is 0 Å². The lowest BCUT2D eigenvalue weighted by atomic mass is 9.39. The Kier molecular flexibility index (Phi) is 7.36. The Morgan fingerprint density at radius 2 is 1.60 bits per heavy atom. The van der Waals surface area contributed by atoms with Crippen molar-refractivity contribution in [3.63, 3.8) is 0 Å². The number of rotatable bonds is 4. The van der Waals surface area contributed by atoms with Crippen LogP contribution in [0.4, 0.5) is 0 Å². The number of phenolic OH excluding ortho intramolecular Hbond substituents is 1. The summed E-state index contributed by atoms with van der Waals surface area (Å²) in [5, 5.41) is 35.4. The number of benzene rings is 1. The SMILES string of the molecule is CC(=O)C1=C(C)[C@@H](C(C)C)[C@]2(C)[C@@H](OC(=O)C3CCCCC3)[C@@]3(C)C(=C(O)c4c(O)ccc(C)c4[C@@H]3C)C(=O)[C@]2(O)C1=O. The van der Waals surface area contributed by atoms with Crippen LogP contribution in [0.2, 0.25) is 0 Å². The lowest BCUT2D eigenvalue weighted by molar-refractivity contribution is -0.226. The molecule has 6 atom stereocenters. The third kappa shape index (κ3) is 3.84. The summed E-state index contributed by atoms with van der Waals surface area (Å²) in [5.74, 6) is -5.85. The van der Waals surface area contributed by atoms with E-state index in [9.17, 15) is 34.5 Å². The second-order valence-corrected chi connectivity index (χ2v) is 14.1. The molecule has 2 saturated carbocycles. The van der Waals surface area contributed by atoms with Crippen molar-refractivity contribution in [2.45, 2.75) is 105 Å². The standard InChI is InChI=1S/C35H44O8/c1-16(2)26-18(4)24(20(6)36)29(39)35(42)30(40)27-28(38)25-22(37)15-14-17(3)23(25)19(5)33(27,7)32(34(26,35)8)43-31(41)21-12-10-9-11-13-21/h14-16,19,21,26,32,37-38,42H,9-13H2,1-8H3/t19-,26+,32-,33+,34+,35+/m0/s1. The van der Waals surface area contributed by atoms with Gasteiger partial charge < -0.3 is 20.1 Å². The molecule has 3 N–H and O–H groups in total. The van der Waals surface area contributed by atoms with Gasteiger partial charge in [-0.3, -0.25) is 19.2 Å². The molecule has 4 aliphatic carbocycles. The highest BCUT2D eigenvalue weighted by Crippen LogP contribution is 2.68. The van der Waals surface area contributed by atoms with E-state index in [0.717, 1.165) is 24.8 Å². The molecule has 43 heavy (non-hydrogen) atoms. The van der Waals surface area contributed by atoms with Crippen LogP contribution in [0.1, 0.15) is 103 Å². The van der Waals surface area contributed by atoms with Gasteiger partial charge in [0.1, 0.15) is 17.6 Å². The van der Waals surface area contributed by atoms with Gasteiger partial charge in [-0.25, -0.2) is 0 Å². The number of carbonyl (C=O) groups excluding carboxylic acids is 4. The van der Waals surface area contributed by atoms with Crippen LogP contribution in [0.5, 0.6) is 5.75 Å². The average Bonchev–Trinajstić information content (AvgIpc) is 2.93. The van der Waals surface area contributed by atoms with Gasteiger partial charge in [0.25, 0.3) is 0 Å². The fourth-order valence-electron chi connectivity index (χ4n) is 9.49. The van der Waals surface area contributed by atoms with Crippen LogP contribution >= 0.6 is 0 Å². The fraction of sp³-hybridized carbons (Fsp3) is 0.600. The van der Waals surface area contributed by atoms with E-state index in [1.165, 1.54) is 13.0 Å². The molecule has 232 valence electrons. The quantitative estimate of drug-likeness (QED) is 0.231. The maximum Gasteiger partial charge on any atom is 0.309 e. The molecule has 8 nitrogen and oxygen atoms in total. The van der Waals surface area contributed by atoms with Crippen molar-refractivity contribution in [3.05, 3.63) is 45.5 Å². The molecule has 0 saturated heterocycles. The lowest BCUT2D eigenvalue weighted by Crippen LogP contribution is -2.77. The molecule has 0 unspecified atom stereocenters. The number of Topliss-reactive ketones (excluding diaryl/α,β-unsaturated/α-hetero) is 3. The third-order valence-electron chi connectivity index (χ3n) is 11.5. The number of hydrogen-bond acceptors (Lipinski definition) is 8. The second kappa shape index (κ2) is 10.1. The van der Waals surface area contributed by atoms with Gasteiger partial charge in [0.05, 0.1) is 28.0 Å². The summed E-state index contributed by atoms with van der Waals surface area (Å²) in [6, 6.07) is 3.15. The maximum absolute atomic E-state index is 14.8. The van der Waals surface area contributed by atoms with E-state index >= 15 is 0 Å². The molecule has 2 fully saturated rings. The van der Waals surface area contributed by atoms with Gasteiger partial charge in [-0.2, -0.15) is 0 Å². The fourth-order valence-corrected chi connectivity index (χ4v) is 9.49. The monoisotopic (exact) mass is 592 g/mol. The molecule has 0 bridgehead atoms. The van der Waals surface area contributed by atoms with Crippen molar-refractivity contribution >= 4 is 29.1 Å². The minimum atomic E-state index is -2.82. The number of aliphatic hydroxyl groups is 2. The highest BCUT2D eigenvalue weighted by molar-refractivity contribution is 6.34. The number of esters is 1. The van der Waals surface area contributed by atoms with E-state index in [1.54, 1.807) is 26.8 Å². The number of aromatic hydroxyl groups is 1. The third-order valence-corrected chi connectivity index (χ3v) is 11.5. The van der Waals surface area contributed by atoms with E-state index < -0.39 is 63.4 Å². The molecule has 5 rings (SSSR count). The van der Waals surface area contributed by atoms with Crippen LogP contribution in [-0.4, -0.2) is 50.3 Å². The largest absolute Gasteiger partial charge is 0.507 e. The van der Waals surface area contributed by atoms with Crippen LogP contribution < -0.4 is 0 Å². The molecule has 0 radical (unpaired) electrons. The first-order valence-corrected chi connectivity index (χ1v) is 15.5. The second-order valence-electron chi connectivity index (χ2n) is 14.1. The Morgan fingerprint density at radius 3 is 2.16 bits per heavy atom. The topological polar surface area (TPSA) is 138 Å². The normalized spacial score (nSPS) is 34.6. The predicted molar refractivity (Wildman–Crippen MR) is 160 cm³/mol. The molecule has 0 aliphatic heterocycles. The number of phenols is 1. The molecule has 0 heterocycles. The smallest absolute Gasteiger partial charge is 0.309 e. The number of ether oxygens (including phenoxy) is 1. The highest BCUT2D eigenvalue weighted by Gasteiger charge is 2.78.